The Morgan fingerprint density at radius 2 is 2.25 bits per heavy atom. The van der Waals surface area contributed by atoms with Gasteiger partial charge in [-0.1, -0.05) is 6.92 Å². The summed E-state index contributed by atoms with van der Waals surface area (Å²) in [7, 11) is 1.43. The number of amides is 3. The molecule has 1 rings (SSSR count). The van der Waals surface area contributed by atoms with Gasteiger partial charge in [0.1, 0.15) is 6.61 Å². The highest BCUT2D eigenvalue weighted by molar-refractivity contribution is 6.03. The lowest BCUT2D eigenvalue weighted by Crippen LogP contribution is -2.39. The lowest BCUT2D eigenvalue weighted by molar-refractivity contribution is -0.139. The number of likely N-dealkylation sites (tertiary alicyclic amines) is 1. The molecule has 1 heterocycles. The smallest absolute Gasteiger partial charge is 0.246 e. The molecule has 0 bridgehead atoms. The summed E-state index contributed by atoms with van der Waals surface area (Å²) in [6, 6.07) is 0. The van der Waals surface area contributed by atoms with Crippen LogP contribution in [0.1, 0.15) is 13.3 Å². The van der Waals surface area contributed by atoms with Crippen molar-refractivity contribution in [3.05, 3.63) is 0 Å². The van der Waals surface area contributed by atoms with Crippen LogP contribution in [0, 0.1) is 5.92 Å². The monoisotopic (exact) mass is 228 g/mol. The fourth-order valence-electron chi connectivity index (χ4n) is 1.57. The van der Waals surface area contributed by atoms with Crippen LogP contribution in [0.4, 0.5) is 0 Å². The van der Waals surface area contributed by atoms with Gasteiger partial charge >= 0.3 is 0 Å². The van der Waals surface area contributed by atoms with Crippen molar-refractivity contribution in [2.45, 2.75) is 13.3 Å². The molecule has 1 aliphatic rings. The van der Waals surface area contributed by atoms with Crippen LogP contribution >= 0.6 is 0 Å². The molecule has 0 aromatic heterocycles. The van der Waals surface area contributed by atoms with Crippen molar-refractivity contribution >= 4 is 17.7 Å². The van der Waals surface area contributed by atoms with Gasteiger partial charge < -0.3 is 10.1 Å². The lowest BCUT2D eigenvalue weighted by Gasteiger charge is -2.14. The first-order valence-electron chi connectivity index (χ1n) is 5.16. The van der Waals surface area contributed by atoms with Gasteiger partial charge in [-0.25, -0.2) is 0 Å². The van der Waals surface area contributed by atoms with Crippen LogP contribution in [-0.2, 0) is 19.1 Å². The van der Waals surface area contributed by atoms with Crippen LogP contribution in [0.5, 0.6) is 0 Å². The maximum atomic E-state index is 11.5. The number of methoxy groups -OCH3 is 1. The normalized spacial score (nSPS) is 20.4. The molecule has 3 amide bonds. The Morgan fingerprint density at radius 3 is 2.75 bits per heavy atom. The molecule has 0 spiro atoms. The van der Waals surface area contributed by atoms with E-state index in [1.807, 2.05) is 0 Å². The second-order valence-electron chi connectivity index (χ2n) is 3.77. The van der Waals surface area contributed by atoms with E-state index in [1.54, 1.807) is 6.92 Å². The summed E-state index contributed by atoms with van der Waals surface area (Å²) in [5.41, 5.74) is 0. The number of carbonyl (C=O) groups excluding carboxylic acids is 3. The third-order valence-electron chi connectivity index (χ3n) is 2.40. The lowest BCUT2D eigenvalue weighted by atomic mass is 10.1. The van der Waals surface area contributed by atoms with Crippen LogP contribution < -0.4 is 5.32 Å². The number of carbonyl (C=O) groups is 3. The van der Waals surface area contributed by atoms with E-state index in [-0.39, 0.29) is 49.8 Å². The minimum absolute atomic E-state index is 0.0156. The first-order valence-corrected chi connectivity index (χ1v) is 5.16. The third-order valence-corrected chi connectivity index (χ3v) is 2.40. The molecular weight excluding hydrogens is 212 g/mol. The van der Waals surface area contributed by atoms with Crippen LogP contribution in [0.25, 0.3) is 0 Å². The Morgan fingerprint density at radius 1 is 1.56 bits per heavy atom. The van der Waals surface area contributed by atoms with Gasteiger partial charge in [-0.3, -0.25) is 19.3 Å². The van der Waals surface area contributed by atoms with Crippen LogP contribution in [0.15, 0.2) is 0 Å². The fourth-order valence-corrected chi connectivity index (χ4v) is 1.57. The average molecular weight is 228 g/mol. The molecule has 6 heteroatoms. The molecule has 1 atom stereocenters. The zero-order valence-corrected chi connectivity index (χ0v) is 9.49. The fraction of sp³-hybridized carbons (Fsp3) is 0.700. The van der Waals surface area contributed by atoms with E-state index >= 15 is 0 Å². The Balaban J connectivity index is 2.30. The van der Waals surface area contributed by atoms with E-state index in [4.69, 9.17) is 0 Å². The molecule has 0 aliphatic carbocycles. The van der Waals surface area contributed by atoms with E-state index in [9.17, 15) is 14.4 Å². The Bertz CT molecular complexity index is 303. The van der Waals surface area contributed by atoms with Crippen LogP contribution in [-0.4, -0.2) is 49.4 Å². The summed E-state index contributed by atoms with van der Waals surface area (Å²) >= 11 is 0. The van der Waals surface area contributed by atoms with E-state index < -0.39 is 0 Å². The predicted octanol–water partition coefficient (Wildman–Crippen LogP) is -0.856. The summed E-state index contributed by atoms with van der Waals surface area (Å²) in [5.74, 6) is -0.818. The Hall–Kier alpha value is -1.43. The molecule has 1 N–H and O–H groups in total. The van der Waals surface area contributed by atoms with Gasteiger partial charge in [0.25, 0.3) is 0 Å². The number of nitrogens with zero attached hydrogens (tertiary/aromatic N) is 1. The van der Waals surface area contributed by atoms with Crippen LogP contribution in [0.2, 0.25) is 0 Å². The molecule has 1 fully saturated rings. The first kappa shape index (κ1) is 12.6. The predicted molar refractivity (Wildman–Crippen MR) is 55.4 cm³/mol. The maximum absolute atomic E-state index is 11.5. The zero-order chi connectivity index (χ0) is 12.1. The second-order valence-corrected chi connectivity index (χ2v) is 3.77. The summed E-state index contributed by atoms with van der Waals surface area (Å²) < 4.78 is 4.63. The molecule has 6 nitrogen and oxygen atoms in total. The highest BCUT2D eigenvalue weighted by Crippen LogP contribution is 2.17. The van der Waals surface area contributed by atoms with E-state index in [2.05, 4.69) is 10.1 Å². The number of rotatable bonds is 5. The van der Waals surface area contributed by atoms with Crippen molar-refractivity contribution in [1.29, 1.82) is 0 Å². The molecule has 90 valence electrons. The van der Waals surface area contributed by atoms with Gasteiger partial charge in [-0.05, 0) is 0 Å². The molecule has 0 aromatic carbocycles. The topological polar surface area (TPSA) is 75.7 Å². The molecule has 0 radical (unpaired) electrons. The molecule has 1 unspecified atom stereocenters. The van der Waals surface area contributed by atoms with E-state index in [0.29, 0.717) is 0 Å². The van der Waals surface area contributed by atoms with Gasteiger partial charge in [-0.2, -0.15) is 0 Å². The summed E-state index contributed by atoms with van der Waals surface area (Å²) in [4.78, 5) is 35.1. The van der Waals surface area contributed by atoms with Crippen molar-refractivity contribution in [2.75, 3.05) is 26.8 Å². The van der Waals surface area contributed by atoms with Gasteiger partial charge in [0, 0.05) is 32.5 Å². The van der Waals surface area contributed by atoms with Crippen molar-refractivity contribution < 1.29 is 19.1 Å². The molecule has 16 heavy (non-hydrogen) atoms. The number of hydrogen-bond acceptors (Lipinski definition) is 4. The molecule has 0 saturated carbocycles. The van der Waals surface area contributed by atoms with Gasteiger partial charge in [0.2, 0.25) is 17.7 Å². The van der Waals surface area contributed by atoms with Crippen molar-refractivity contribution in [3.63, 3.8) is 0 Å². The largest absolute Gasteiger partial charge is 0.375 e. The Kier molecular flexibility index (Phi) is 4.42. The molecule has 1 saturated heterocycles. The quantitative estimate of drug-likeness (QED) is 0.621. The highest BCUT2D eigenvalue weighted by Gasteiger charge is 2.34. The van der Waals surface area contributed by atoms with Crippen molar-refractivity contribution in [3.8, 4) is 0 Å². The molecule has 1 aliphatic heterocycles. The highest BCUT2D eigenvalue weighted by atomic mass is 16.5. The summed E-state index contributed by atoms with van der Waals surface area (Å²) in [5, 5.41) is 2.56. The van der Waals surface area contributed by atoms with Gasteiger partial charge in [0.15, 0.2) is 0 Å². The van der Waals surface area contributed by atoms with Crippen molar-refractivity contribution in [2.24, 2.45) is 5.92 Å². The maximum Gasteiger partial charge on any atom is 0.246 e. The summed E-state index contributed by atoms with van der Waals surface area (Å²) in [6.07, 6.45) is 0.269. The minimum atomic E-state index is -0.255. The zero-order valence-electron chi connectivity index (χ0n) is 9.49. The third kappa shape index (κ3) is 3.03. The number of ether oxygens (including phenoxy) is 1. The summed E-state index contributed by atoms with van der Waals surface area (Å²) in [6.45, 7) is 2.21. The number of hydrogen-bond donors (Lipinski definition) is 1. The van der Waals surface area contributed by atoms with Crippen LogP contribution in [0.3, 0.4) is 0 Å². The second kappa shape index (κ2) is 5.60. The van der Waals surface area contributed by atoms with Crippen molar-refractivity contribution in [1.82, 2.24) is 10.2 Å². The minimum Gasteiger partial charge on any atom is -0.375 e. The SMILES string of the molecule is COCC(=O)NCCN1C(=O)CC(C)C1=O. The van der Waals surface area contributed by atoms with Gasteiger partial charge in [-0.15, -0.1) is 0 Å². The average Bonchev–Trinajstić information content (AvgIpc) is 2.45. The standard InChI is InChI=1S/C10H16N2O4/c1-7-5-9(14)12(10(7)15)4-3-11-8(13)6-16-2/h7H,3-6H2,1-2H3,(H,11,13). The van der Waals surface area contributed by atoms with Gasteiger partial charge in [0.05, 0.1) is 0 Å². The molecule has 0 aromatic rings. The number of nitrogens with one attached hydrogen (secondary N) is 1. The van der Waals surface area contributed by atoms with E-state index in [0.717, 1.165) is 0 Å². The molecular formula is C10H16N2O4. The van der Waals surface area contributed by atoms with E-state index in [1.165, 1.54) is 12.0 Å². The Labute approximate surface area is 93.9 Å². The number of imide groups is 1. The first-order chi connectivity index (χ1) is 7.56.